The highest BCUT2D eigenvalue weighted by molar-refractivity contribution is 7.26. The molecule has 3 heterocycles. The molecule has 262 valence electrons. The summed E-state index contributed by atoms with van der Waals surface area (Å²) in [4.78, 5) is 15.8. The maximum absolute atomic E-state index is 5.26. The van der Waals surface area contributed by atoms with Crippen LogP contribution in [0.2, 0.25) is 0 Å². The number of nitrogens with zero attached hydrogens (tertiary/aromatic N) is 3. The van der Waals surface area contributed by atoms with Gasteiger partial charge >= 0.3 is 0 Å². The van der Waals surface area contributed by atoms with E-state index in [-0.39, 0.29) is 0 Å². The molecule has 0 unspecified atom stereocenters. The van der Waals surface area contributed by atoms with Crippen molar-refractivity contribution in [3.8, 4) is 67.5 Å². The van der Waals surface area contributed by atoms with E-state index >= 15 is 0 Å². The van der Waals surface area contributed by atoms with Crippen molar-refractivity contribution in [2.75, 3.05) is 0 Å². The molecule has 0 aliphatic rings. The van der Waals surface area contributed by atoms with Crippen molar-refractivity contribution < 1.29 is 0 Å². The molecule has 3 aromatic heterocycles. The molecule has 5 heteroatoms. The third kappa shape index (κ3) is 5.60. The second kappa shape index (κ2) is 13.5. The summed E-state index contributed by atoms with van der Waals surface area (Å²) in [5, 5.41) is 5.07. The fraction of sp³-hybridized carbons (Fsp3) is 0. The van der Waals surface area contributed by atoms with Gasteiger partial charge in [0.15, 0.2) is 17.5 Å². The van der Waals surface area contributed by atoms with Crippen molar-refractivity contribution in [3.05, 3.63) is 188 Å². The van der Waals surface area contributed by atoms with E-state index < -0.39 is 0 Å². The highest BCUT2D eigenvalue weighted by atomic mass is 32.1. The van der Waals surface area contributed by atoms with E-state index in [9.17, 15) is 0 Å². The van der Waals surface area contributed by atoms with Crippen LogP contribution >= 0.6 is 22.7 Å². The lowest BCUT2D eigenvalue weighted by Gasteiger charge is -2.13. The van der Waals surface area contributed by atoms with Gasteiger partial charge in [0.05, 0.1) is 0 Å². The molecule has 0 fully saturated rings. The van der Waals surface area contributed by atoms with Gasteiger partial charge in [-0.2, -0.15) is 0 Å². The second-order valence-corrected chi connectivity index (χ2v) is 16.0. The number of thiophene rings is 2. The third-order valence-electron chi connectivity index (χ3n) is 10.6. The maximum Gasteiger partial charge on any atom is 0.165 e. The first-order chi connectivity index (χ1) is 27.7. The Bertz CT molecular complexity index is 3270. The summed E-state index contributed by atoms with van der Waals surface area (Å²) >= 11 is 3.65. The summed E-state index contributed by atoms with van der Waals surface area (Å²) in [6.45, 7) is 0. The zero-order valence-electron chi connectivity index (χ0n) is 30.1. The molecule has 11 aromatic rings. The molecule has 0 aliphatic carbocycles. The molecule has 11 rings (SSSR count). The number of aromatic nitrogens is 3. The van der Waals surface area contributed by atoms with Crippen LogP contribution in [0.3, 0.4) is 0 Å². The summed E-state index contributed by atoms with van der Waals surface area (Å²) in [5.41, 5.74) is 9.79. The zero-order chi connectivity index (χ0) is 37.0. The smallest absolute Gasteiger partial charge is 0.165 e. The van der Waals surface area contributed by atoms with Crippen molar-refractivity contribution in [3.63, 3.8) is 0 Å². The maximum atomic E-state index is 5.26. The minimum absolute atomic E-state index is 0.638. The van der Waals surface area contributed by atoms with E-state index in [1.54, 1.807) is 11.3 Å². The number of fused-ring (bicyclic) bond motifs is 6. The Morgan fingerprint density at radius 1 is 0.268 bits per heavy atom. The van der Waals surface area contributed by atoms with Gasteiger partial charge in [0.25, 0.3) is 0 Å². The summed E-state index contributed by atoms with van der Waals surface area (Å²) in [7, 11) is 0. The number of benzene rings is 8. The molecule has 0 saturated carbocycles. The fourth-order valence-corrected chi connectivity index (χ4v) is 10.3. The Morgan fingerprint density at radius 2 is 0.696 bits per heavy atom. The molecule has 0 saturated heterocycles. The van der Waals surface area contributed by atoms with Gasteiger partial charge in [-0.05, 0) is 63.7 Å². The Balaban J connectivity index is 1.07. The molecular weight excluding hydrogens is 719 g/mol. The molecule has 3 nitrogen and oxygen atoms in total. The molecule has 8 aromatic carbocycles. The highest BCUT2D eigenvalue weighted by Crippen LogP contribution is 2.42. The Hall–Kier alpha value is -6.79. The normalized spacial score (nSPS) is 11.6. The van der Waals surface area contributed by atoms with Crippen LogP contribution in [0, 0.1) is 0 Å². The first kappa shape index (κ1) is 32.6. The van der Waals surface area contributed by atoms with Crippen LogP contribution in [0.4, 0.5) is 0 Å². The topological polar surface area (TPSA) is 38.7 Å². The van der Waals surface area contributed by atoms with Gasteiger partial charge in [-0.3, -0.25) is 0 Å². The van der Waals surface area contributed by atoms with Crippen LogP contribution in [0.5, 0.6) is 0 Å². The van der Waals surface area contributed by atoms with Crippen molar-refractivity contribution in [2.24, 2.45) is 0 Å². The van der Waals surface area contributed by atoms with Gasteiger partial charge in [0, 0.05) is 57.0 Å². The number of rotatable bonds is 6. The molecule has 0 N–H and O–H groups in total. The number of hydrogen-bond acceptors (Lipinski definition) is 5. The van der Waals surface area contributed by atoms with Crippen molar-refractivity contribution >= 4 is 63.0 Å². The van der Waals surface area contributed by atoms with E-state index in [0.717, 1.165) is 38.9 Å². The molecule has 0 atom stereocenters. The zero-order valence-corrected chi connectivity index (χ0v) is 31.7. The summed E-state index contributed by atoms with van der Waals surface area (Å²) in [6.07, 6.45) is 0. The van der Waals surface area contributed by atoms with Crippen LogP contribution in [0.25, 0.3) is 108 Å². The minimum Gasteiger partial charge on any atom is -0.208 e. The molecule has 0 aliphatic heterocycles. The van der Waals surface area contributed by atoms with Gasteiger partial charge in [-0.15, -0.1) is 22.7 Å². The second-order valence-electron chi connectivity index (χ2n) is 13.9. The summed E-state index contributed by atoms with van der Waals surface area (Å²) < 4.78 is 5.05. The van der Waals surface area contributed by atoms with Crippen LogP contribution in [-0.4, -0.2) is 15.0 Å². The van der Waals surface area contributed by atoms with Gasteiger partial charge in [-0.25, -0.2) is 15.0 Å². The fourth-order valence-electron chi connectivity index (χ4n) is 7.90. The largest absolute Gasteiger partial charge is 0.208 e. The van der Waals surface area contributed by atoms with E-state index in [0.29, 0.717) is 17.5 Å². The molecule has 0 radical (unpaired) electrons. The summed E-state index contributed by atoms with van der Waals surface area (Å²) in [5.74, 6) is 1.94. The van der Waals surface area contributed by atoms with Crippen molar-refractivity contribution in [1.82, 2.24) is 15.0 Å². The average molecular weight is 750 g/mol. The van der Waals surface area contributed by atoms with E-state index in [2.05, 4.69) is 182 Å². The van der Waals surface area contributed by atoms with E-state index in [1.807, 2.05) is 17.4 Å². The first-order valence-electron chi connectivity index (χ1n) is 18.7. The van der Waals surface area contributed by atoms with E-state index in [4.69, 9.17) is 15.0 Å². The van der Waals surface area contributed by atoms with Crippen LogP contribution in [0.1, 0.15) is 0 Å². The van der Waals surface area contributed by atoms with Gasteiger partial charge < -0.3 is 0 Å². The molecule has 0 amide bonds. The van der Waals surface area contributed by atoms with Crippen molar-refractivity contribution in [1.29, 1.82) is 0 Å². The van der Waals surface area contributed by atoms with Crippen LogP contribution in [-0.2, 0) is 0 Å². The lowest BCUT2D eigenvalue weighted by molar-refractivity contribution is 1.08. The average Bonchev–Trinajstić information content (AvgIpc) is 3.85. The van der Waals surface area contributed by atoms with E-state index in [1.165, 1.54) is 51.5 Å². The Labute approximate surface area is 331 Å². The number of hydrogen-bond donors (Lipinski definition) is 0. The first-order valence-corrected chi connectivity index (χ1v) is 20.3. The van der Waals surface area contributed by atoms with Crippen LogP contribution in [0.15, 0.2) is 188 Å². The highest BCUT2D eigenvalue weighted by Gasteiger charge is 2.19. The van der Waals surface area contributed by atoms with Crippen LogP contribution < -0.4 is 0 Å². The van der Waals surface area contributed by atoms with Gasteiger partial charge in [0.2, 0.25) is 0 Å². The Kier molecular flexibility index (Phi) is 7.87. The van der Waals surface area contributed by atoms with Gasteiger partial charge in [0.1, 0.15) is 0 Å². The predicted molar refractivity (Wildman–Crippen MR) is 238 cm³/mol. The molecular formula is C51H31N3S2. The quantitative estimate of drug-likeness (QED) is 0.170. The minimum atomic E-state index is 0.638. The Morgan fingerprint density at radius 3 is 1.39 bits per heavy atom. The van der Waals surface area contributed by atoms with Gasteiger partial charge in [-0.1, -0.05) is 158 Å². The molecule has 0 spiro atoms. The SMILES string of the molecule is c1ccc(-c2ccccc2-c2nc(-c3cccc(-c4cccc(-c5cccc6c5sc5ccccc56)c4)c3)nc(-c3cccc4c3sc3ccccc34)n2)cc1. The third-order valence-corrected chi connectivity index (χ3v) is 13.0. The lowest BCUT2D eigenvalue weighted by Crippen LogP contribution is -2.01. The predicted octanol–water partition coefficient (Wildman–Crippen LogP) is 14.6. The summed E-state index contributed by atoms with van der Waals surface area (Å²) in [6, 6.07) is 66.7. The standard InChI is InChI=1S/C51H31N3S2/c1-2-14-32(15-3-1)37-20-4-5-23-43(37)50-52-49(53-51(54-50)44-27-13-26-42-40-22-7-9-29-46(40)56-48(42)44)36-19-11-17-34(31-36)33-16-10-18-35(30-33)38-24-12-25-41-39-21-6-8-28-45(39)55-47(38)41/h1-31H. The molecule has 0 bridgehead atoms. The lowest BCUT2D eigenvalue weighted by atomic mass is 9.97. The monoisotopic (exact) mass is 749 g/mol. The van der Waals surface area contributed by atoms with Crippen molar-refractivity contribution in [2.45, 2.75) is 0 Å². The molecule has 56 heavy (non-hydrogen) atoms.